The van der Waals surface area contributed by atoms with E-state index in [1.807, 2.05) is 25.8 Å². The minimum absolute atomic E-state index is 0.00597. The standard InChI is InChI=1S/C74H112N10O15S2/c1-15-33-83(70(91)56(48(8)17-3)41-60(85)58-23-20-22-34-80(58)11)59(46(4)5)42-61(97-38-16-2)69-78-57(45-101-69)67(89)77-54(39-49(9)72(93)94)40-51-27-31-55(32-28-51)99-74(96)82(13)37-36-81(12)73(95)98-44-52-25-29-53(30-26-52)76-66(88)50(10)75-68(90)65(47(6)7)79-63(86)24-19-18-21-35-84-64(87)43-62(100-14)71(84)92/h25-32,45-50,54,56,58-59,61-62,65H,15-24,33-44H2,1-14H3,(H,75,90)(H,76,88)(H,77,89)(H,79,86)(H,93,94)/t48-,49-,50+,54+,56-,58+,59+,61+,62?,65+/m0/s1. The van der Waals surface area contributed by atoms with Crippen molar-refractivity contribution in [2.45, 2.75) is 214 Å². The van der Waals surface area contributed by atoms with Crippen molar-refractivity contribution in [1.82, 2.24) is 45.4 Å². The van der Waals surface area contributed by atoms with Crippen LogP contribution in [0.15, 0.2) is 53.9 Å². The summed E-state index contributed by atoms with van der Waals surface area (Å²) >= 11 is 2.66. The zero-order valence-electron chi connectivity index (χ0n) is 61.8. The third kappa shape index (κ3) is 26.4. The van der Waals surface area contributed by atoms with E-state index < -0.39 is 71.9 Å². The highest BCUT2D eigenvalue weighted by molar-refractivity contribution is 8.00. The number of ketones is 1. The molecular formula is C74H112N10O15S2. The number of nitrogens with one attached hydrogen (secondary N) is 4. The molecule has 3 aromatic rings. The van der Waals surface area contributed by atoms with Crippen molar-refractivity contribution in [2.24, 2.45) is 29.6 Å². The molecule has 0 radical (unpaired) electrons. The number of thioether (sulfide) groups is 1. The molecule has 560 valence electrons. The van der Waals surface area contributed by atoms with Crippen LogP contribution in [-0.4, -0.2) is 202 Å². The maximum atomic E-state index is 14.9. The number of amides is 9. The van der Waals surface area contributed by atoms with Gasteiger partial charge in [0.25, 0.3) is 5.91 Å². The number of carbonyl (C=O) groups is 11. The lowest BCUT2D eigenvalue weighted by atomic mass is 9.82. The van der Waals surface area contributed by atoms with Gasteiger partial charge in [-0.3, -0.25) is 53.0 Å². The molecule has 0 bridgehead atoms. The van der Waals surface area contributed by atoms with Crippen molar-refractivity contribution in [3.05, 3.63) is 75.7 Å². The van der Waals surface area contributed by atoms with Crippen molar-refractivity contribution < 1.29 is 72.1 Å². The number of piperidine rings is 1. The Kier molecular flexibility index (Phi) is 35.2. The number of likely N-dealkylation sites (N-methyl/N-ethyl adjacent to an activating group) is 3. The second kappa shape index (κ2) is 42.2. The predicted molar refractivity (Wildman–Crippen MR) is 390 cm³/mol. The van der Waals surface area contributed by atoms with Crippen LogP contribution < -0.4 is 26.0 Å². The average molecular weight is 1450 g/mol. The summed E-state index contributed by atoms with van der Waals surface area (Å²) in [5.74, 6) is -4.40. The smallest absolute Gasteiger partial charge is 0.415 e. The van der Waals surface area contributed by atoms with Crippen molar-refractivity contribution in [3.8, 4) is 5.75 Å². The lowest BCUT2D eigenvalue weighted by Crippen LogP contribution is -2.53. The number of imide groups is 1. The van der Waals surface area contributed by atoms with Crippen molar-refractivity contribution in [2.75, 3.05) is 72.0 Å². The summed E-state index contributed by atoms with van der Waals surface area (Å²) in [7, 11) is 5.04. The fourth-order valence-electron chi connectivity index (χ4n) is 12.3. The summed E-state index contributed by atoms with van der Waals surface area (Å²) in [4.78, 5) is 158. The van der Waals surface area contributed by atoms with Crippen LogP contribution in [0.4, 0.5) is 15.3 Å². The van der Waals surface area contributed by atoms with E-state index in [4.69, 9.17) is 19.2 Å². The molecule has 25 nitrogen and oxygen atoms in total. The molecule has 1 unspecified atom stereocenters. The maximum Gasteiger partial charge on any atom is 0.415 e. The van der Waals surface area contributed by atoms with Gasteiger partial charge >= 0.3 is 18.2 Å². The number of ether oxygens (including phenoxy) is 3. The van der Waals surface area contributed by atoms with Gasteiger partial charge in [-0.25, -0.2) is 14.6 Å². The summed E-state index contributed by atoms with van der Waals surface area (Å²) in [5, 5.41) is 23.1. The predicted octanol–water partition coefficient (Wildman–Crippen LogP) is 10.2. The van der Waals surface area contributed by atoms with Gasteiger partial charge in [0, 0.05) is 102 Å². The largest absolute Gasteiger partial charge is 0.481 e. The van der Waals surface area contributed by atoms with Gasteiger partial charge in [0.2, 0.25) is 35.4 Å². The number of Topliss-reactive ketones (excluding diaryl/α,β-unsaturated/α-hetero) is 1. The molecule has 2 fully saturated rings. The Morgan fingerprint density at radius 3 is 2.06 bits per heavy atom. The SMILES string of the molecule is CCCO[C@H](C[C@H](C(C)C)N(CCC)C(=O)[C@@H](CC(=O)[C@H]1CCCCN1C)[C@@H](C)CC)c1nc(C(=O)N[C@@H](Cc2ccc(OC(=O)N(C)CCN(C)C(=O)OCc3ccc(NC(=O)[C@@H](C)NC(=O)[C@H](NC(=O)CCCCCN4C(=O)CC(SC)C4=O)C(C)C)cc3)cc2)C[C@H](C)C(=O)O)cs1. The Hall–Kier alpha value is -7.49. The molecular weight excluding hydrogens is 1330 g/mol. The number of carboxylic acid groups (broad SMARTS) is 1. The molecule has 5 rings (SSSR count). The van der Waals surface area contributed by atoms with Crippen LogP contribution in [0.3, 0.4) is 0 Å². The topological polar surface area (TPSA) is 313 Å². The Bertz CT molecular complexity index is 3220. The molecule has 0 saturated carbocycles. The number of carbonyl (C=O) groups excluding carboxylic acids is 10. The number of unbranched alkanes of at least 4 members (excludes halogenated alkanes) is 2. The minimum atomic E-state index is -1.02. The van der Waals surface area contributed by atoms with Crippen molar-refractivity contribution in [3.63, 3.8) is 0 Å². The zero-order valence-corrected chi connectivity index (χ0v) is 63.5. The monoisotopic (exact) mass is 1440 g/mol. The number of benzene rings is 2. The molecule has 5 N–H and O–H groups in total. The molecule has 3 heterocycles. The normalized spacial score (nSPS) is 17.2. The van der Waals surface area contributed by atoms with Crippen LogP contribution >= 0.6 is 23.1 Å². The van der Waals surface area contributed by atoms with Gasteiger partial charge in [-0.05, 0) is 131 Å². The Morgan fingerprint density at radius 1 is 0.782 bits per heavy atom. The Labute approximate surface area is 605 Å². The second-order valence-corrected chi connectivity index (χ2v) is 29.7. The highest BCUT2D eigenvalue weighted by atomic mass is 32.2. The Morgan fingerprint density at radius 2 is 1.46 bits per heavy atom. The number of thiazole rings is 1. The lowest BCUT2D eigenvalue weighted by molar-refractivity contribution is -0.145. The molecule has 2 aliphatic heterocycles. The summed E-state index contributed by atoms with van der Waals surface area (Å²) in [5.41, 5.74) is 1.93. The quantitative estimate of drug-likeness (QED) is 0.0260. The first kappa shape index (κ1) is 84.2. The highest BCUT2D eigenvalue weighted by Gasteiger charge is 2.40. The van der Waals surface area contributed by atoms with Crippen LogP contribution in [-0.2, 0) is 60.9 Å². The van der Waals surface area contributed by atoms with E-state index in [2.05, 4.69) is 53.9 Å². The second-order valence-electron chi connectivity index (χ2n) is 27.8. The van der Waals surface area contributed by atoms with E-state index in [0.29, 0.717) is 61.6 Å². The molecule has 2 aliphatic rings. The number of rotatable bonds is 42. The molecule has 2 saturated heterocycles. The number of anilines is 1. The van der Waals surface area contributed by atoms with E-state index in [1.54, 1.807) is 80.9 Å². The number of nitrogens with zero attached hydrogens (tertiary/aromatic N) is 6. The fourth-order valence-corrected chi connectivity index (χ4v) is 13.8. The maximum absolute atomic E-state index is 14.9. The zero-order chi connectivity index (χ0) is 74.6. The summed E-state index contributed by atoms with van der Waals surface area (Å²) in [6.07, 6.45) is 8.00. The summed E-state index contributed by atoms with van der Waals surface area (Å²) in [6, 6.07) is 10.3. The molecule has 101 heavy (non-hydrogen) atoms. The number of hydrogen-bond acceptors (Lipinski definition) is 18. The van der Waals surface area contributed by atoms with Gasteiger partial charge in [0.1, 0.15) is 41.2 Å². The van der Waals surface area contributed by atoms with E-state index in [1.165, 1.54) is 58.8 Å². The molecule has 0 aliphatic carbocycles. The number of aromatic nitrogens is 1. The number of hydrogen-bond donors (Lipinski definition) is 5. The van der Waals surface area contributed by atoms with Gasteiger partial charge in [-0.1, -0.05) is 106 Å². The highest BCUT2D eigenvalue weighted by Crippen LogP contribution is 2.34. The van der Waals surface area contributed by atoms with Gasteiger partial charge in [-0.2, -0.15) is 11.8 Å². The minimum Gasteiger partial charge on any atom is -0.481 e. The van der Waals surface area contributed by atoms with Gasteiger partial charge < -0.3 is 55.3 Å². The van der Waals surface area contributed by atoms with Gasteiger partial charge in [0.05, 0.1) is 17.2 Å². The molecule has 10 atom stereocenters. The molecule has 1 aromatic heterocycles. The number of carboxylic acids is 1. The van der Waals surface area contributed by atoms with Gasteiger partial charge in [-0.15, -0.1) is 11.3 Å². The number of aliphatic carboxylic acids is 1. The first-order valence-electron chi connectivity index (χ1n) is 35.9. The third-order valence-corrected chi connectivity index (χ3v) is 20.8. The van der Waals surface area contributed by atoms with Crippen LogP contribution in [0.25, 0.3) is 0 Å². The first-order chi connectivity index (χ1) is 48.0. The van der Waals surface area contributed by atoms with Crippen LogP contribution in [0.1, 0.15) is 192 Å². The van der Waals surface area contributed by atoms with Crippen molar-refractivity contribution >= 4 is 94.1 Å². The molecule has 27 heteroatoms. The lowest BCUT2D eigenvalue weighted by Gasteiger charge is -2.40. The third-order valence-electron chi connectivity index (χ3n) is 18.9. The number of likely N-dealkylation sites (tertiary alicyclic amines) is 2. The first-order valence-corrected chi connectivity index (χ1v) is 38.1. The van der Waals surface area contributed by atoms with Gasteiger partial charge in [0.15, 0.2) is 5.78 Å². The summed E-state index contributed by atoms with van der Waals surface area (Å²) in [6.45, 7) is 21.2. The Balaban J connectivity index is 1.08. The fraction of sp³-hybridized carbons (Fsp3) is 0.649. The van der Waals surface area contributed by atoms with E-state index in [9.17, 15) is 57.8 Å². The van der Waals surface area contributed by atoms with Crippen LogP contribution in [0.5, 0.6) is 5.75 Å². The summed E-state index contributed by atoms with van der Waals surface area (Å²) < 4.78 is 17.7. The molecule has 9 amide bonds. The van der Waals surface area contributed by atoms with E-state index in [0.717, 1.165) is 50.6 Å². The molecule has 0 spiro atoms. The van der Waals surface area contributed by atoms with Crippen LogP contribution in [0, 0.1) is 29.6 Å². The van der Waals surface area contributed by atoms with Crippen LogP contribution in [0.2, 0.25) is 0 Å². The van der Waals surface area contributed by atoms with Crippen molar-refractivity contribution in [1.29, 1.82) is 0 Å². The van der Waals surface area contributed by atoms with E-state index >= 15 is 0 Å². The van der Waals surface area contributed by atoms with E-state index in [-0.39, 0.29) is 128 Å². The molecule has 2 aromatic carbocycles. The average Bonchev–Trinajstić information content (AvgIpc) is 1.77.